The number of rotatable bonds is 8. The maximum atomic E-state index is 13.3. The monoisotopic (exact) mass is 533 g/mol. The molecular weight excluding hydrogens is 498 g/mol. The number of ketones is 1. The summed E-state index contributed by atoms with van der Waals surface area (Å²) < 4.78 is 5.33. The molecule has 2 heterocycles. The summed E-state index contributed by atoms with van der Waals surface area (Å²) in [4.78, 5) is 20.6. The second-order valence-corrected chi connectivity index (χ2v) is 11.7. The summed E-state index contributed by atoms with van der Waals surface area (Å²) in [6.07, 6.45) is 11.1. The molecule has 38 heavy (non-hydrogen) atoms. The molecule has 2 N–H and O–H groups in total. The highest BCUT2D eigenvalue weighted by atomic mass is 35.5. The van der Waals surface area contributed by atoms with Crippen LogP contribution in [0.15, 0.2) is 36.5 Å². The molecule has 1 saturated heterocycles. The zero-order valence-corrected chi connectivity index (χ0v) is 22.8. The average Bonchev–Trinajstić information content (AvgIpc) is 3.67. The lowest BCUT2D eigenvalue weighted by atomic mass is 9.85. The predicted octanol–water partition coefficient (Wildman–Crippen LogP) is 6.93. The van der Waals surface area contributed by atoms with Crippen molar-refractivity contribution in [1.29, 1.82) is 0 Å². The van der Waals surface area contributed by atoms with Crippen LogP contribution in [-0.2, 0) is 0 Å². The molecule has 6 nitrogen and oxygen atoms in total. The third-order valence-corrected chi connectivity index (χ3v) is 8.86. The summed E-state index contributed by atoms with van der Waals surface area (Å²) in [7, 11) is 1.51. The molecule has 0 unspecified atom stereocenters. The van der Waals surface area contributed by atoms with E-state index in [1.54, 1.807) is 18.3 Å². The van der Waals surface area contributed by atoms with Crippen molar-refractivity contribution in [2.75, 3.05) is 32.1 Å². The number of halogens is 1. The van der Waals surface area contributed by atoms with Crippen molar-refractivity contribution in [3.63, 3.8) is 0 Å². The minimum atomic E-state index is -0.0691. The molecule has 0 bridgehead atoms. The van der Waals surface area contributed by atoms with Gasteiger partial charge in [-0.1, -0.05) is 17.7 Å². The number of anilines is 1. The molecule has 3 fully saturated rings. The van der Waals surface area contributed by atoms with Crippen LogP contribution in [0, 0.1) is 11.8 Å². The Kier molecular flexibility index (Phi) is 7.19. The molecule has 0 amide bonds. The van der Waals surface area contributed by atoms with Gasteiger partial charge >= 0.3 is 0 Å². The van der Waals surface area contributed by atoms with E-state index in [1.165, 1.54) is 52.4 Å². The van der Waals surface area contributed by atoms with Crippen molar-refractivity contribution in [2.45, 2.75) is 57.4 Å². The standard InChI is InChI=1S/C31H36ClN3O3/c1-38-28-16-22(15-26(32)31(28)37)21-8-11-27-24(14-21)29(25(17-33-27)30(36)20-6-7-20)34-23-9-4-19(5-10-23)18-35-12-2-3-13-35/h8,11,14-17,19-20,23,37H,2-7,9-10,12-13,18H2,1H3,(H,33,34). The topological polar surface area (TPSA) is 74.7 Å². The minimum Gasteiger partial charge on any atom is -0.503 e. The van der Waals surface area contributed by atoms with Gasteiger partial charge in [0, 0.05) is 30.1 Å². The first-order chi connectivity index (χ1) is 18.5. The van der Waals surface area contributed by atoms with Crippen molar-refractivity contribution >= 4 is 34.0 Å². The van der Waals surface area contributed by atoms with Crippen LogP contribution in [0.25, 0.3) is 22.0 Å². The molecule has 2 aromatic carbocycles. The van der Waals surface area contributed by atoms with Crippen LogP contribution in [0.4, 0.5) is 5.69 Å². The lowest BCUT2D eigenvalue weighted by molar-refractivity contribution is 0.0968. The average molecular weight is 534 g/mol. The highest BCUT2D eigenvalue weighted by molar-refractivity contribution is 6.32. The fourth-order valence-electron chi connectivity index (χ4n) is 6.20. The molecule has 2 aliphatic carbocycles. The number of hydrogen-bond acceptors (Lipinski definition) is 6. The third kappa shape index (κ3) is 5.21. The smallest absolute Gasteiger partial charge is 0.176 e. The highest BCUT2D eigenvalue weighted by Gasteiger charge is 2.33. The lowest BCUT2D eigenvalue weighted by Gasteiger charge is -2.32. The van der Waals surface area contributed by atoms with Gasteiger partial charge in [-0.25, -0.2) is 0 Å². The predicted molar refractivity (Wildman–Crippen MR) is 153 cm³/mol. The number of phenolic OH excluding ortho intramolecular Hbond substituents is 1. The maximum Gasteiger partial charge on any atom is 0.176 e. The van der Waals surface area contributed by atoms with E-state index in [9.17, 15) is 9.90 Å². The second-order valence-electron chi connectivity index (χ2n) is 11.3. The molecular formula is C31H36ClN3O3. The third-order valence-electron chi connectivity index (χ3n) is 8.57. The Labute approximate surface area is 229 Å². The number of aromatic hydroxyl groups is 1. The highest BCUT2D eigenvalue weighted by Crippen LogP contribution is 2.41. The number of Topliss-reactive ketones (excluding diaryl/α,β-unsaturated/α-hetero) is 1. The van der Waals surface area contributed by atoms with Gasteiger partial charge in [0.25, 0.3) is 0 Å². The lowest BCUT2D eigenvalue weighted by Crippen LogP contribution is -2.33. The first kappa shape index (κ1) is 25.4. The number of carbonyl (C=O) groups excluding carboxylic acids is 1. The van der Waals surface area contributed by atoms with E-state index in [-0.39, 0.29) is 22.5 Å². The van der Waals surface area contributed by atoms with Gasteiger partial charge in [-0.2, -0.15) is 0 Å². The van der Waals surface area contributed by atoms with Gasteiger partial charge in [-0.3, -0.25) is 9.78 Å². The summed E-state index contributed by atoms with van der Waals surface area (Å²) >= 11 is 6.30. The van der Waals surface area contributed by atoms with Gasteiger partial charge in [-0.15, -0.1) is 0 Å². The number of pyridine rings is 1. The fraction of sp³-hybridized carbons (Fsp3) is 0.484. The fourth-order valence-corrected chi connectivity index (χ4v) is 6.41. The number of likely N-dealkylation sites (tertiary alicyclic amines) is 1. The summed E-state index contributed by atoms with van der Waals surface area (Å²) in [5.74, 6) is 1.35. The van der Waals surface area contributed by atoms with Crippen LogP contribution >= 0.6 is 11.6 Å². The number of aromatic nitrogens is 1. The van der Waals surface area contributed by atoms with E-state index in [0.29, 0.717) is 17.4 Å². The zero-order valence-electron chi connectivity index (χ0n) is 22.0. The first-order valence-corrected chi connectivity index (χ1v) is 14.4. The molecule has 7 heteroatoms. The number of ether oxygens (including phenoxy) is 1. The number of phenols is 1. The SMILES string of the molecule is COc1cc(-c2ccc3ncc(C(=O)C4CC4)c(NC4CCC(CN5CCCC5)CC4)c3c2)cc(Cl)c1O. The van der Waals surface area contributed by atoms with Gasteiger partial charge in [0.05, 0.1) is 28.9 Å². The van der Waals surface area contributed by atoms with E-state index >= 15 is 0 Å². The number of methoxy groups -OCH3 is 1. The summed E-state index contributed by atoms with van der Waals surface area (Å²) in [6.45, 7) is 3.75. The Bertz CT molecular complexity index is 1340. The van der Waals surface area contributed by atoms with Crippen LogP contribution in [0.3, 0.4) is 0 Å². The van der Waals surface area contributed by atoms with Gasteiger partial charge < -0.3 is 20.1 Å². The number of nitrogens with one attached hydrogen (secondary N) is 1. The molecule has 3 aliphatic rings. The zero-order chi connectivity index (χ0) is 26.2. The van der Waals surface area contributed by atoms with E-state index in [1.807, 2.05) is 12.1 Å². The molecule has 3 aromatic rings. The number of hydrogen-bond donors (Lipinski definition) is 2. The Morgan fingerprint density at radius 2 is 1.84 bits per heavy atom. The Balaban J connectivity index is 1.31. The van der Waals surface area contributed by atoms with Crippen molar-refractivity contribution in [2.24, 2.45) is 11.8 Å². The molecule has 0 spiro atoms. The molecule has 200 valence electrons. The molecule has 1 aliphatic heterocycles. The van der Waals surface area contributed by atoms with E-state index in [4.69, 9.17) is 16.3 Å². The van der Waals surface area contributed by atoms with Crippen molar-refractivity contribution in [3.05, 3.63) is 47.1 Å². The van der Waals surface area contributed by atoms with Crippen molar-refractivity contribution < 1.29 is 14.6 Å². The Morgan fingerprint density at radius 3 is 2.55 bits per heavy atom. The van der Waals surface area contributed by atoms with Gasteiger partial charge in [0.1, 0.15) is 0 Å². The van der Waals surface area contributed by atoms with Gasteiger partial charge in [-0.05, 0) is 106 Å². The summed E-state index contributed by atoms with van der Waals surface area (Å²) in [6, 6.07) is 9.92. The number of fused-ring (bicyclic) bond motifs is 1. The van der Waals surface area contributed by atoms with Crippen LogP contribution in [0.5, 0.6) is 11.5 Å². The molecule has 6 rings (SSSR count). The van der Waals surface area contributed by atoms with Crippen LogP contribution < -0.4 is 10.1 Å². The molecule has 0 radical (unpaired) electrons. The van der Waals surface area contributed by atoms with E-state index < -0.39 is 0 Å². The number of carbonyl (C=O) groups is 1. The van der Waals surface area contributed by atoms with E-state index in [0.717, 1.165) is 59.3 Å². The molecule has 1 aromatic heterocycles. The summed E-state index contributed by atoms with van der Waals surface area (Å²) in [5.41, 5.74) is 4.22. The van der Waals surface area contributed by atoms with Gasteiger partial charge in [0.2, 0.25) is 0 Å². The Morgan fingerprint density at radius 1 is 1.08 bits per heavy atom. The number of nitrogens with zero attached hydrogens (tertiary/aromatic N) is 2. The minimum absolute atomic E-state index is 0.0691. The Hall–Kier alpha value is -2.83. The first-order valence-electron chi connectivity index (χ1n) is 14.0. The van der Waals surface area contributed by atoms with Gasteiger partial charge in [0.15, 0.2) is 17.3 Å². The van der Waals surface area contributed by atoms with Crippen molar-refractivity contribution in [1.82, 2.24) is 9.88 Å². The maximum absolute atomic E-state index is 13.3. The van der Waals surface area contributed by atoms with Crippen LogP contribution in [0.2, 0.25) is 5.02 Å². The second kappa shape index (κ2) is 10.7. The van der Waals surface area contributed by atoms with Crippen LogP contribution in [-0.4, -0.2) is 53.6 Å². The summed E-state index contributed by atoms with van der Waals surface area (Å²) in [5, 5.41) is 15.2. The number of benzene rings is 2. The normalized spacial score (nSPS) is 22.1. The van der Waals surface area contributed by atoms with E-state index in [2.05, 4.69) is 21.3 Å². The molecule has 0 atom stereocenters. The molecule has 2 saturated carbocycles. The van der Waals surface area contributed by atoms with Crippen molar-refractivity contribution in [3.8, 4) is 22.6 Å². The van der Waals surface area contributed by atoms with Crippen LogP contribution in [0.1, 0.15) is 61.7 Å². The largest absolute Gasteiger partial charge is 0.503 e. The quantitative estimate of drug-likeness (QED) is 0.306.